The van der Waals surface area contributed by atoms with Gasteiger partial charge < -0.3 is 0 Å². The quantitative estimate of drug-likeness (QED) is 0.871. The van der Waals surface area contributed by atoms with E-state index in [1.165, 1.54) is 25.7 Å². The van der Waals surface area contributed by atoms with Crippen LogP contribution in [0.2, 0.25) is 0 Å². The SMILES string of the molecule is CN(C(=O)C1C2CCCCC21)c1ccc(-c2ccccc2)nn1. The molecule has 0 saturated heterocycles. The van der Waals surface area contributed by atoms with Gasteiger partial charge in [-0.2, -0.15) is 0 Å². The Balaban J connectivity index is 1.48. The molecule has 1 amide bonds. The predicted molar refractivity (Wildman–Crippen MR) is 89.8 cm³/mol. The highest BCUT2D eigenvalue weighted by Gasteiger charge is 2.55. The van der Waals surface area contributed by atoms with E-state index in [0.717, 1.165) is 11.3 Å². The van der Waals surface area contributed by atoms with Crippen molar-refractivity contribution in [3.05, 3.63) is 42.5 Å². The molecule has 2 atom stereocenters. The van der Waals surface area contributed by atoms with Crippen LogP contribution in [0.4, 0.5) is 5.82 Å². The van der Waals surface area contributed by atoms with Gasteiger partial charge in [0.05, 0.1) is 5.69 Å². The number of hydrogen-bond acceptors (Lipinski definition) is 3. The van der Waals surface area contributed by atoms with Crippen molar-refractivity contribution in [2.45, 2.75) is 25.7 Å². The van der Waals surface area contributed by atoms with Crippen LogP contribution in [-0.4, -0.2) is 23.2 Å². The first kappa shape index (κ1) is 14.4. The van der Waals surface area contributed by atoms with Gasteiger partial charge in [-0.05, 0) is 36.8 Å². The van der Waals surface area contributed by atoms with Crippen LogP contribution in [0.1, 0.15) is 25.7 Å². The molecule has 4 nitrogen and oxygen atoms in total. The minimum Gasteiger partial charge on any atom is -0.298 e. The van der Waals surface area contributed by atoms with E-state index in [-0.39, 0.29) is 11.8 Å². The van der Waals surface area contributed by atoms with Crippen molar-refractivity contribution in [3.63, 3.8) is 0 Å². The first-order valence-electron chi connectivity index (χ1n) is 8.42. The summed E-state index contributed by atoms with van der Waals surface area (Å²) in [6.07, 6.45) is 4.99. The summed E-state index contributed by atoms with van der Waals surface area (Å²) >= 11 is 0. The number of anilines is 1. The Labute approximate surface area is 136 Å². The molecule has 0 radical (unpaired) electrons. The van der Waals surface area contributed by atoms with E-state index >= 15 is 0 Å². The number of amides is 1. The fraction of sp³-hybridized carbons (Fsp3) is 0.421. The van der Waals surface area contributed by atoms with Gasteiger partial charge in [0.1, 0.15) is 0 Å². The molecule has 2 aliphatic carbocycles. The van der Waals surface area contributed by atoms with Crippen LogP contribution in [0.3, 0.4) is 0 Å². The fourth-order valence-corrected chi connectivity index (χ4v) is 3.96. The zero-order valence-electron chi connectivity index (χ0n) is 13.4. The third-order valence-corrected chi connectivity index (χ3v) is 5.34. The standard InChI is InChI=1S/C19H21N3O/c1-22(19(23)18-14-9-5-6-10-15(14)18)17-12-11-16(20-21-17)13-7-3-2-4-8-13/h2-4,7-8,11-12,14-15,18H,5-6,9-10H2,1H3. The van der Waals surface area contributed by atoms with Gasteiger partial charge in [0.25, 0.3) is 0 Å². The van der Waals surface area contributed by atoms with Gasteiger partial charge in [0.2, 0.25) is 5.91 Å². The fourth-order valence-electron chi connectivity index (χ4n) is 3.96. The van der Waals surface area contributed by atoms with Crippen molar-refractivity contribution in [2.24, 2.45) is 17.8 Å². The van der Waals surface area contributed by atoms with Crippen molar-refractivity contribution >= 4 is 11.7 Å². The zero-order chi connectivity index (χ0) is 15.8. The number of nitrogens with zero attached hydrogens (tertiary/aromatic N) is 3. The van der Waals surface area contributed by atoms with Crippen molar-refractivity contribution in [2.75, 3.05) is 11.9 Å². The molecule has 23 heavy (non-hydrogen) atoms. The lowest BCUT2D eigenvalue weighted by molar-refractivity contribution is -0.120. The summed E-state index contributed by atoms with van der Waals surface area (Å²) in [5.74, 6) is 2.31. The maximum absolute atomic E-state index is 12.7. The van der Waals surface area contributed by atoms with E-state index in [1.54, 1.807) is 4.90 Å². The third-order valence-electron chi connectivity index (χ3n) is 5.34. The van der Waals surface area contributed by atoms with Gasteiger partial charge in [0, 0.05) is 18.5 Å². The lowest BCUT2D eigenvalue weighted by Gasteiger charge is -2.16. The lowest BCUT2D eigenvalue weighted by atomic mass is 10.0. The Morgan fingerprint density at radius 3 is 2.30 bits per heavy atom. The summed E-state index contributed by atoms with van der Waals surface area (Å²) in [6, 6.07) is 13.8. The van der Waals surface area contributed by atoms with E-state index in [4.69, 9.17) is 0 Å². The molecule has 2 aromatic rings. The number of fused-ring (bicyclic) bond motifs is 1. The van der Waals surface area contributed by atoms with Crippen molar-refractivity contribution < 1.29 is 4.79 Å². The average Bonchev–Trinajstić information content (AvgIpc) is 3.36. The monoisotopic (exact) mass is 307 g/mol. The summed E-state index contributed by atoms with van der Waals surface area (Å²) < 4.78 is 0. The highest BCUT2D eigenvalue weighted by molar-refractivity contribution is 5.96. The number of aromatic nitrogens is 2. The van der Waals surface area contributed by atoms with E-state index < -0.39 is 0 Å². The van der Waals surface area contributed by atoms with E-state index in [2.05, 4.69) is 10.2 Å². The largest absolute Gasteiger partial charge is 0.298 e. The summed E-state index contributed by atoms with van der Waals surface area (Å²) in [4.78, 5) is 14.4. The Morgan fingerprint density at radius 2 is 1.70 bits per heavy atom. The molecule has 0 N–H and O–H groups in total. The molecule has 1 aromatic carbocycles. The van der Waals surface area contributed by atoms with E-state index in [0.29, 0.717) is 17.7 Å². The Bertz CT molecular complexity index is 686. The average molecular weight is 307 g/mol. The summed E-state index contributed by atoms with van der Waals surface area (Å²) in [5, 5.41) is 8.54. The lowest BCUT2D eigenvalue weighted by Crippen LogP contribution is -2.29. The number of rotatable bonds is 3. The Kier molecular flexibility index (Phi) is 3.60. The topological polar surface area (TPSA) is 46.1 Å². The molecule has 118 valence electrons. The van der Waals surface area contributed by atoms with Crippen LogP contribution in [0, 0.1) is 17.8 Å². The second kappa shape index (κ2) is 5.76. The van der Waals surface area contributed by atoms with Crippen LogP contribution in [-0.2, 0) is 4.79 Å². The van der Waals surface area contributed by atoms with Crippen LogP contribution in [0.25, 0.3) is 11.3 Å². The Hall–Kier alpha value is -2.23. The Morgan fingerprint density at radius 1 is 1.00 bits per heavy atom. The molecule has 2 unspecified atom stereocenters. The predicted octanol–water partition coefficient (Wildman–Crippen LogP) is 3.54. The summed E-state index contributed by atoms with van der Waals surface area (Å²) in [5.41, 5.74) is 1.86. The number of hydrogen-bond donors (Lipinski definition) is 0. The molecule has 0 spiro atoms. The summed E-state index contributed by atoms with van der Waals surface area (Å²) in [6.45, 7) is 0. The molecule has 1 heterocycles. The number of carbonyl (C=O) groups is 1. The molecule has 4 heteroatoms. The van der Waals surface area contributed by atoms with Gasteiger partial charge in [-0.25, -0.2) is 0 Å². The molecule has 2 aliphatic rings. The highest BCUT2D eigenvalue weighted by atomic mass is 16.2. The van der Waals surface area contributed by atoms with Gasteiger partial charge in [-0.1, -0.05) is 43.2 Å². The normalized spacial score (nSPS) is 25.5. The van der Waals surface area contributed by atoms with Crippen LogP contribution in [0.15, 0.2) is 42.5 Å². The molecule has 2 fully saturated rings. The maximum Gasteiger partial charge on any atom is 0.231 e. The van der Waals surface area contributed by atoms with Crippen LogP contribution < -0.4 is 4.90 Å². The third kappa shape index (κ3) is 2.62. The zero-order valence-corrected chi connectivity index (χ0v) is 13.4. The van der Waals surface area contributed by atoms with Crippen LogP contribution in [0.5, 0.6) is 0 Å². The minimum atomic E-state index is 0.212. The molecule has 1 aromatic heterocycles. The highest BCUT2D eigenvalue weighted by Crippen LogP contribution is 2.56. The maximum atomic E-state index is 12.7. The second-order valence-corrected chi connectivity index (χ2v) is 6.68. The minimum absolute atomic E-state index is 0.212. The van der Waals surface area contributed by atoms with Crippen LogP contribution >= 0.6 is 0 Å². The van der Waals surface area contributed by atoms with Crippen molar-refractivity contribution in [1.29, 1.82) is 0 Å². The molecular weight excluding hydrogens is 286 g/mol. The smallest absolute Gasteiger partial charge is 0.231 e. The van der Waals surface area contributed by atoms with E-state index in [9.17, 15) is 4.79 Å². The first-order valence-corrected chi connectivity index (χ1v) is 8.42. The van der Waals surface area contributed by atoms with Gasteiger partial charge >= 0.3 is 0 Å². The van der Waals surface area contributed by atoms with Gasteiger partial charge in [-0.15, -0.1) is 10.2 Å². The van der Waals surface area contributed by atoms with Gasteiger partial charge in [-0.3, -0.25) is 9.69 Å². The molecule has 0 aliphatic heterocycles. The van der Waals surface area contributed by atoms with Gasteiger partial charge in [0.15, 0.2) is 5.82 Å². The van der Waals surface area contributed by atoms with Crippen molar-refractivity contribution in [3.8, 4) is 11.3 Å². The number of benzene rings is 1. The van der Waals surface area contributed by atoms with E-state index in [1.807, 2.05) is 49.5 Å². The summed E-state index contributed by atoms with van der Waals surface area (Å²) in [7, 11) is 1.82. The molecule has 2 saturated carbocycles. The number of carbonyl (C=O) groups excluding carboxylic acids is 1. The molecule has 0 bridgehead atoms. The van der Waals surface area contributed by atoms with Crippen molar-refractivity contribution in [1.82, 2.24) is 10.2 Å². The first-order chi connectivity index (χ1) is 11.3. The molecule has 4 rings (SSSR count). The molecular formula is C19H21N3O. The second-order valence-electron chi connectivity index (χ2n) is 6.68.